The molecule has 0 N–H and O–H groups in total. The van der Waals surface area contributed by atoms with Crippen molar-refractivity contribution in [2.45, 2.75) is 13.0 Å². The molecule has 1 atom stereocenters. The Morgan fingerprint density at radius 2 is 2.50 bits per heavy atom. The minimum absolute atomic E-state index is 0.00231. The second-order valence-corrected chi connectivity index (χ2v) is 2.96. The predicted octanol–water partition coefficient (Wildman–Crippen LogP) is 0.827. The van der Waals surface area contributed by atoms with E-state index in [1.807, 2.05) is 6.92 Å². The molecule has 1 saturated heterocycles. The van der Waals surface area contributed by atoms with Gasteiger partial charge >= 0.3 is 6.09 Å². The van der Waals surface area contributed by atoms with E-state index in [2.05, 4.69) is 0 Å². The van der Waals surface area contributed by atoms with Crippen molar-refractivity contribution in [3.63, 3.8) is 0 Å². The van der Waals surface area contributed by atoms with Crippen LogP contribution in [-0.2, 0) is 4.74 Å². The Morgan fingerprint density at radius 1 is 1.90 bits per heavy atom. The molecule has 1 amide bonds. The van der Waals surface area contributed by atoms with Gasteiger partial charge in [0.2, 0.25) is 0 Å². The van der Waals surface area contributed by atoms with Gasteiger partial charge in [-0.3, -0.25) is 0 Å². The molecule has 0 bridgehead atoms. The van der Waals surface area contributed by atoms with E-state index in [4.69, 9.17) is 17.0 Å². The zero-order valence-electron chi connectivity index (χ0n) is 5.96. The largest absolute Gasteiger partial charge is 0.447 e. The number of carbonyl (C=O) groups excluding carboxylic acids is 1. The summed E-state index contributed by atoms with van der Waals surface area (Å²) in [7, 11) is 1.69. The van der Waals surface area contributed by atoms with Crippen LogP contribution in [0.25, 0.3) is 0 Å². The number of nitrogens with zero attached hydrogens (tertiary/aromatic N) is 1. The average molecular weight is 159 g/mol. The highest BCUT2D eigenvalue weighted by Crippen LogP contribution is 2.10. The Labute approximate surface area is 65.0 Å². The van der Waals surface area contributed by atoms with E-state index < -0.39 is 0 Å². The first-order chi connectivity index (χ1) is 4.63. The maximum absolute atomic E-state index is 10.7. The van der Waals surface area contributed by atoms with Crippen molar-refractivity contribution in [2.75, 3.05) is 13.7 Å². The summed E-state index contributed by atoms with van der Waals surface area (Å²) < 4.78 is 4.74. The standard InChI is InChI=1S/C6H9NO2S/c1-4(10)5-3-9-6(8)7(5)2/h5H,3H2,1-2H3. The van der Waals surface area contributed by atoms with E-state index in [9.17, 15) is 4.79 Å². The van der Waals surface area contributed by atoms with Crippen LogP contribution < -0.4 is 0 Å². The van der Waals surface area contributed by atoms with Gasteiger partial charge in [-0.2, -0.15) is 0 Å². The van der Waals surface area contributed by atoms with Crippen molar-refractivity contribution in [1.29, 1.82) is 0 Å². The van der Waals surface area contributed by atoms with E-state index >= 15 is 0 Å². The van der Waals surface area contributed by atoms with E-state index in [1.54, 1.807) is 7.05 Å². The van der Waals surface area contributed by atoms with Gasteiger partial charge in [0.15, 0.2) is 0 Å². The van der Waals surface area contributed by atoms with Crippen molar-refractivity contribution in [1.82, 2.24) is 4.90 Å². The molecular weight excluding hydrogens is 150 g/mol. The van der Waals surface area contributed by atoms with Gasteiger partial charge < -0.3 is 9.64 Å². The number of rotatable bonds is 1. The molecule has 1 fully saturated rings. The first kappa shape index (κ1) is 7.47. The SMILES string of the molecule is CC(=S)C1COC(=O)N1C. The number of hydrogen-bond acceptors (Lipinski definition) is 3. The Hall–Kier alpha value is -0.640. The number of amides is 1. The number of likely N-dealkylation sites (N-methyl/N-ethyl adjacent to an activating group) is 1. The molecule has 56 valence electrons. The highest BCUT2D eigenvalue weighted by molar-refractivity contribution is 7.80. The third-order valence-corrected chi connectivity index (χ3v) is 1.86. The minimum atomic E-state index is -0.283. The lowest BCUT2D eigenvalue weighted by Crippen LogP contribution is -2.33. The van der Waals surface area contributed by atoms with Crippen LogP contribution in [0.1, 0.15) is 6.92 Å². The van der Waals surface area contributed by atoms with Gasteiger partial charge in [-0.05, 0) is 6.92 Å². The maximum Gasteiger partial charge on any atom is 0.410 e. The first-order valence-corrected chi connectivity index (χ1v) is 3.44. The van der Waals surface area contributed by atoms with Crippen molar-refractivity contribution in [3.8, 4) is 0 Å². The summed E-state index contributed by atoms with van der Waals surface area (Å²) in [6.45, 7) is 2.23. The van der Waals surface area contributed by atoms with Crippen LogP contribution in [0.3, 0.4) is 0 Å². The van der Waals surface area contributed by atoms with Crippen molar-refractivity contribution >= 4 is 23.2 Å². The first-order valence-electron chi connectivity index (χ1n) is 3.03. The Bertz CT molecular complexity index is 181. The number of cyclic esters (lactones) is 1. The highest BCUT2D eigenvalue weighted by atomic mass is 32.1. The highest BCUT2D eigenvalue weighted by Gasteiger charge is 2.30. The Balaban J connectivity index is 2.66. The number of hydrogen-bond donors (Lipinski definition) is 0. The fourth-order valence-corrected chi connectivity index (χ4v) is 1.11. The smallest absolute Gasteiger partial charge is 0.410 e. The molecule has 0 spiro atoms. The zero-order valence-corrected chi connectivity index (χ0v) is 6.77. The molecule has 0 radical (unpaired) electrons. The van der Waals surface area contributed by atoms with Crippen molar-refractivity contribution in [3.05, 3.63) is 0 Å². The van der Waals surface area contributed by atoms with Crippen molar-refractivity contribution in [2.24, 2.45) is 0 Å². The molecule has 1 heterocycles. The van der Waals surface area contributed by atoms with Crippen LogP contribution in [0.4, 0.5) is 4.79 Å². The van der Waals surface area contributed by atoms with E-state index in [-0.39, 0.29) is 12.1 Å². The van der Waals surface area contributed by atoms with Crippen LogP contribution in [-0.4, -0.2) is 35.6 Å². The molecule has 0 aromatic carbocycles. The molecule has 1 rings (SSSR count). The molecule has 3 nitrogen and oxygen atoms in total. The summed E-state index contributed by atoms with van der Waals surface area (Å²) in [5.41, 5.74) is 0. The second-order valence-electron chi connectivity index (χ2n) is 2.31. The van der Waals surface area contributed by atoms with Gasteiger partial charge in [0.25, 0.3) is 0 Å². The Morgan fingerprint density at radius 3 is 2.70 bits per heavy atom. The number of carbonyl (C=O) groups is 1. The maximum atomic E-state index is 10.7. The van der Waals surface area contributed by atoms with Crippen LogP contribution in [0.15, 0.2) is 0 Å². The molecule has 4 heteroatoms. The van der Waals surface area contributed by atoms with E-state index in [1.165, 1.54) is 4.90 Å². The number of thiocarbonyl (C=S) groups is 1. The molecule has 10 heavy (non-hydrogen) atoms. The van der Waals surface area contributed by atoms with Gasteiger partial charge in [0.05, 0.1) is 0 Å². The molecule has 1 aliphatic rings. The molecule has 0 aliphatic carbocycles. The third-order valence-electron chi connectivity index (χ3n) is 1.59. The molecule has 0 aromatic rings. The zero-order chi connectivity index (χ0) is 7.72. The van der Waals surface area contributed by atoms with Crippen LogP contribution >= 0.6 is 12.2 Å². The lowest BCUT2D eigenvalue weighted by Gasteiger charge is -2.13. The molecule has 0 aromatic heterocycles. The van der Waals surface area contributed by atoms with Crippen LogP contribution in [0, 0.1) is 0 Å². The summed E-state index contributed by atoms with van der Waals surface area (Å²) in [4.78, 5) is 13.0. The molecular formula is C6H9NO2S. The fraction of sp³-hybridized carbons (Fsp3) is 0.667. The normalized spacial score (nSPS) is 24.8. The quantitative estimate of drug-likeness (QED) is 0.531. The van der Waals surface area contributed by atoms with Gasteiger partial charge in [-0.25, -0.2) is 4.79 Å². The molecule has 1 aliphatic heterocycles. The van der Waals surface area contributed by atoms with Crippen molar-refractivity contribution < 1.29 is 9.53 Å². The summed E-state index contributed by atoms with van der Waals surface area (Å²) >= 11 is 4.91. The summed E-state index contributed by atoms with van der Waals surface area (Å²) in [5, 5.41) is 0. The lowest BCUT2D eigenvalue weighted by atomic mass is 10.2. The lowest BCUT2D eigenvalue weighted by molar-refractivity contribution is 0.163. The fourth-order valence-electron chi connectivity index (χ4n) is 0.881. The topological polar surface area (TPSA) is 29.5 Å². The van der Waals surface area contributed by atoms with Gasteiger partial charge in [0.1, 0.15) is 12.6 Å². The third kappa shape index (κ3) is 1.11. The monoisotopic (exact) mass is 159 g/mol. The summed E-state index contributed by atoms with van der Waals surface area (Å²) in [6, 6.07) is 0.00231. The molecule has 1 unspecified atom stereocenters. The van der Waals surface area contributed by atoms with E-state index in [0.29, 0.717) is 6.61 Å². The summed E-state index contributed by atoms with van der Waals surface area (Å²) in [5.74, 6) is 0. The number of ether oxygens (including phenoxy) is 1. The average Bonchev–Trinajstić information content (AvgIpc) is 2.14. The Kier molecular flexibility index (Phi) is 1.89. The second kappa shape index (κ2) is 2.54. The van der Waals surface area contributed by atoms with E-state index in [0.717, 1.165) is 4.86 Å². The minimum Gasteiger partial charge on any atom is -0.447 e. The molecule has 0 saturated carbocycles. The van der Waals surface area contributed by atoms with Crippen LogP contribution in [0.5, 0.6) is 0 Å². The van der Waals surface area contributed by atoms with Crippen LogP contribution in [0.2, 0.25) is 0 Å². The predicted molar refractivity (Wildman–Crippen MR) is 41.2 cm³/mol. The van der Waals surface area contributed by atoms with Gasteiger partial charge in [-0.15, -0.1) is 0 Å². The van der Waals surface area contributed by atoms with Gasteiger partial charge in [0, 0.05) is 11.9 Å². The summed E-state index contributed by atoms with van der Waals surface area (Å²) in [6.07, 6.45) is -0.283. The van der Waals surface area contributed by atoms with Gasteiger partial charge in [-0.1, -0.05) is 12.2 Å².